The third-order valence-corrected chi connectivity index (χ3v) is 5.38. The standard InChI is InChI=1S/C19H19F2N3O2S/c20-16-6-5-15(11-17(16)21)27-12-18(25)24-9-7-23(8-10-24)14-3-1-13(2-4-14)19(22)26/h1-6,11H,7-10,12H2,(H2,22,26). The van der Waals surface area contributed by atoms with Gasteiger partial charge in [0.25, 0.3) is 0 Å². The number of benzene rings is 2. The molecule has 1 saturated heterocycles. The Hall–Kier alpha value is -2.61. The van der Waals surface area contributed by atoms with Crippen molar-refractivity contribution in [2.75, 3.05) is 36.8 Å². The number of carbonyl (C=O) groups is 2. The van der Waals surface area contributed by atoms with Gasteiger partial charge in [0.2, 0.25) is 11.8 Å². The van der Waals surface area contributed by atoms with Crippen molar-refractivity contribution in [3.05, 3.63) is 59.7 Å². The van der Waals surface area contributed by atoms with Gasteiger partial charge in [0.1, 0.15) is 0 Å². The van der Waals surface area contributed by atoms with E-state index in [1.807, 2.05) is 12.1 Å². The fourth-order valence-corrected chi connectivity index (χ4v) is 3.68. The molecule has 2 amide bonds. The van der Waals surface area contributed by atoms with Crippen molar-refractivity contribution in [1.29, 1.82) is 0 Å². The number of carbonyl (C=O) groups excluding carboxylic acids is 2. The molecular formula is C19H19F2N3O2S. The van der Waals surface area contributed by atoms with Crippen molar-refractivity contribution < 1.29 is 18.4 Å². The smallest absolute Gasteiger partial charge is 0.248 e. The highest BCUT2D eigenvalue weighted by atomic mass is 32.2. The first kappa shape index (κ1) is 19.2. The van der Waals surface area contributed by atoms with E-state index in [0.29, 0.717) is 36.6 Å². The van der Waals surface area contributed by atoms with E-state index in [4.69, 9.17) is 5.73 Å². The molecule has 8 heteroatoms. The lowest BCUT2D eigenvalue weighted by atomic mass is 10.1. The van der Waals surface area contributed by atoms with Gasteiger partial charge in [-0.2, -0.15) is 0 Å². The fraction of sp³-hybridized carbons (Fsp3) is 0.263. The van der Waals surface area contributed by atoms with Crippen molar-refractivity contribution >= 4 is 29.3 Å². The molecule has 1 aliphatic rings. The van der Waals surface area contributed by atoms with Gasteiger partial charge >= 0.3 is 0 Å². The van der Waals surface area contributed by atoms with Crippen molar-refractivity contribution in [2.45, 2.75) is 4.90 Å². The summed E-state index contributed by atoms with van der Waals surface area (Å²) in [6.45, 7) is 2.51. The average molecular weight is 391 g/mol. The Morgan fingerprint density at radius 3 is 2.22 bits per heavy atom. The van der Waals surface area contributed by atoms with Crippen LogP contribution < -0.4 is 10.6 Å². The Morgan fingerprint density at radius 2 is 1.63 bits per heavy atom. The molecule has 142 valence electrons. The molecule has 2 N–H and O–H groups in total. The predicted octanol–water partition coefficient (Wildman–Crippen LogP) is 2.50. The van der Waals surface area contributed by atoms with Crippen LogP contribution in [0.5, 0.6) is 0 Å². The molecular weight excluding hydrogens is 372 g/mol. The second kappa shape index (κ2) is 8.39. The van der Waals surface area contributed by atoms with Gasteiger partial charge in [-0.1, -0.05) is 0 Å². The second-order valence-electron chi connectivity index (χ2n) is 6.14. The molecule has 1 heterocycles. The summed E-state index contributed by atoms with van der Waals surface area (Å²) in [5.74, 6) is -2.13. The van der Waals surface area contributed by atoms with Crippen molar-refractivity contribution in [3.8, 4) is 0 Å². The molecule has 0 radical (unpaired) electrons. The van der Waals surface area contributed by atoms with Gasteiger partial charge in [0, 0.05) is 42.3 Å². The van der Waals surface area contributed by atoms with Gasteiger partial charge in [-0.3, -0.25) is 9.59 Å². The van der Waals surface area contributed by atoms with Crippen LogP contribution in [-0.4, -0.2) is 48.6 Å². The second-order valence-corrected chi connectivity index (χ2v) is 7.19. The summed E-state index contributed by atoms with van der Waals surface area (Å²) >= 11 is 1.19. The summed E-state index contributed by atoms with van der Waals surface area (Å²) in [4.78, 5) is 27.9. The van der Waals surface area contributed by atoms with Crippen LogP contribution in [0.3, 0.4) is 0 Å². The summed E-state index contributed by atoms with van der Waals surface area (Å²) in [7, 11) is 0. The molecule has 5 nitrogen and oxygen atoms in total. The minimum Gasteiger partial charge on any atom is -0.368 e. The summed E-state index contributed by atoms with van der Waals surface area (Å²) in [5.41, 5.74) is 6.68. The number of amides is 2. The third-order valence-electron chi connectivity index (χ3n) is 4.40. The zero-order valence-electron chi connectivity index (χ0n) is 14.5. The summed E-state index contributed by atoms with van der Waals surface area (Å²) in [6, 6.07) is 10.7. The predicted molar refractivity (Wildman–Crippen MR) is 101 cm³/mol. The highest BCUT2D eigenvalue weighted by Gasteiger charge is 2.21. The highest BCUT2D eigenvalue weighted by Crippen LogP contribution is 2.22. The molecule has 1 fully saturated rings. The minimum atomic E-state index is -0.914. The number of nitrogens with two attached hydrogens (primary N) is 1. The van der Waals surface area contributed by atoms with Crippen LogP contribution in [0.15, 0.2) is 47.4 Å². The Labute approximate surface area is 160 Å². The van der Waals surface area contributed by atoms with E-state index in [2.05, 4.69) is 4.90 Å². The lowest BCUT2D eigenvalue weighted by Gasteiger charge is -2.36. The van der Waals surface area contributed by atoms with Gasteiger partial charge < -0.3 is 15.5 Å². The zero-order valence-corrected chi connectivity index (χ0v) is 15.3. The van der Waals surface area contributed by atoms with Crippen molar-refractivity contribution in [2.24, 2.45) is 5.73 Å². The number of piperazine rings is 1. The molecule has 0 bridgehead atoms. The number of hydrogen-bond donors (Lipinski definition) is 1. The van der Waals surface area contributed by atoms with E-state index in [1.165, 1.54) is 17.8 Å². The van der Waals surface area contributed by atoms with Crippen LogP contribution in [-0.2, 0) is 4.79 Å². The molecule has 0 spiro atoms. The lowest BCUT2D eigenvalue weighted by Crippen LogP contribution is -2.49. The quantitative estimate of drug-likeness (QED) is 0.796. The molecule has 1 aliphatic heterocycles. The monoisotopic (exact) mass is 391 g/mol. The van der Waals surface area contributed by atoms with Crippen LogP contribution in [0, 0.1) is 11.6 Å². The number of primary amides is 1. The van der Waals surface area contributed by atoms with Crippen LogP contribution in [0.25, 0.3) is 0 Å². The lowest BCUT2D eigenvalue weighted by molar-refractivity contribution is -0.128. The average Bonchev–Trinajstić information content (AvgIpc) is 2.69. The third kappa shape index (κ3) is 4.77. The molecule has 0 aromatic heterocycles. The molecule has 27 heavy (non-hydrogen) atoms. The fourth-order valence-electron chi connectivity index (χ4n) is 2.85. The maximum Gasteiger partial charge on any atom is 0.248 e. The first-order valence-corrected chi connectivity index (χ1v) is 9.43. The molecule has 0 saturated carbocycles. The van der Waals surface area contributed by atoms with Crippen molar-refractivity contribution in [3.63, 3.8) is 0 Å². The first-order chi connectivity index (χ1) is 12.9. The van der Waals surface area contributed by atoms with Gasteiger partial charge in [-0.05, 0) is 42.5 Å². The Kier molecular flexibility index (Phi) is 5.95. The van der Waals surface area contributed by atoms with E-state index in [0.717, 1.165) is 17.8 Å². The van der Waals surface area contributed by atoms with E-state index in [9.17, 15) is 18.4 Å². The maximum absolute atomic E-state index is 13.2. The van der Waals surface area contributed by atoms with Gasteiger partial charge in [0.05, 0.1) is 5.75 Å². The summed E-state index contributed by atoms with van der Waals surface area (Å²) < 4.78 is 26.2. The normalized spacial score (nSPS) is 14.3. The van der Waals surface area contributed by atoms with E-state index < -0.39 is 17.5 Å². The highest BCUT2D eigenvalue weighted by molar-refractivity contribution is 8.00. The summed E-state index contributed by atoms with van der Waals surface area (Å²) in [6.07, 6.45) is 0. The number of nitrogens with zero attached hydrogens (tertiary/aromatic N) is 2. The Bertz CT molecular complexity index is 837. The largest absolute Gasteiger partial charge is 0.368 e. The minimum absolute atomic E-state index is 0.0338. The topological polar surface area (TPSA) is 66.6 Å². The molecule has 2 aromatic rings. The van der Waals surface area contributed by atoms with Crippen LogP contribution in [0.2, 0.25) is 0 Å². The maximum atomic E-state index is 13.2. The van der Waals surface area contributed by atoms with E-state index >= 15 is 0 Å². The van der Waals surface area contributed by atoms with E-state index in [-0.39, 0.29) is 11.7 Å². The number of hydrogen-bond acceptors (Lipinski definition) is 4. The number of anilines is 1. The zero-order chi connectivity index (χ0) is 19.4. The molecule has 0 aliphatic carbocycles. The van der Waals surface area contributed by atoms with Crippen LogP contribution in [0.1, 0.15) is 10.4 Å². The Morgan fingerprint density at radius 1 is 0.963 bits per heavy atom. The van der Waals surface area contributed by atoms with Gasteiger partial charge in [-0.25, -0.2) is 8.78 Å². The SMILES string of the molecule is NC(=O)c1ccc(N2CCN(C(=O)CSc3ccc(F)c(F)c3)CC2)cc1. The molecule has 3 rings (SSSR count). The van der Waals surface area contributed by atoms with Crippen LogP contribution in [0.4, 0.5) is 14.5 Å². The van der Waals surface area contributed by atoms with Crippen LogP contribution >= 0.6 is 11.8 Å². The van der Waals surface area contributed by atoms with E-state index in [1.54, 1.807) is 17.0 Å². The summed E-state index contributed by atoms with van der Waals surface area (Å²) in [5, 5.41) is 0. The van der Waals surface area contributed by atoms with Gasteiger partial charge in [0.15, 0.2) is 11.6 Å². The molecule has 0 unspecified atom stereocenters. The number of thioether (sulfide) groups is 1. The Balaban J connectivity index is 1.50. The van der Waals surface area contributed by atoms with Gasteiger partial charge in [-0.15, -0.1) is 11.8 Å². The number of rotatable bonds is 5. The first-order valence-electron chi connectivity index (χ1n) is 8.44. The number of halogens is 2. The molecule has 2 aromatic carbocycles. The van der Waals surface area contributed by atoms with Crippen molar-refractivity contribution in [1.82, 2.24) is 4.90 Å². The molecule has 0 atom stereocenters.